The van der Waals surface area contributed by atoms with E-state index in [0.717, 1.165) is 40.8 Å². The monoisotopic (exact) mass is 438 g/mol. The third kappa shape index (κ3) is 4.41. The number of furan rings is 1. The molecule has 0 fully saturated rings. The van der Waals surface area contributed by atoms with Gasteiger partial charge in [-0.1, -0.05) is 36.4 Å². The van der Waals surface area contributed by atoms with E-state index in [1.54, 1.807) is 18.4 Å². The first-order valence-electron chi connectivity index (χ1n) is 10.9. The third-order valence-electron chi connectivity index (χ3n) is 5.63. The number of allylic oxidation sites excluding steroid dienone is 1. The van der Waals surface area contributed by atoms with Crippen LogP contribution < -0.4 is 5.32 Å². The minimum atomic E-state index is -0.521. The predicted octanol–water partition coefficient (Wildman–Crippen LogP) is 5.50. The standard InChI is InChI=1S/C27H22N2O4/c30-24(28-19-9-2-1-3-10-19)17-33-27(31)25-21-12-4-5-14-23(21)29-26-18(8-6-13-22(25)26)16-20-11-7-15-32-20/h1-5,7,9-12,14-16H,6,8,13,17H2,(H,28,30). The average Bonchev–Trinajstić information content (AvgIpc) is 3.35. The van der Waals surface area contributed by atoms with Crippen LogP contribution in [0.3, 0.4) is 0 Å². The Kier molecular flexibility index (Phi) is 5.72. The van der Waals surface area contributed by atoms with E-state index >= 15 is 0 Å². The van der Waals surface area contributed by atoms with Crippen molar-refractivity contribution < 1.29 is 18.7 Å². The van der Waals surface area contributed by atoms with Gasteiger partial charge in [0, 0.05) is 11.1 Å². The maximum atomic E-state index is 13.2. The van der Waals surface area contributed by atoms with E-state index in [4.69, 9.17) is 14.1 Å². The van der Waals surface area contributed by atoms with Crippen LogP contribution in [0.2, 0.25) is 0 Å². The fourth-order valence-corrected chi connectivity index (χ4v) is 4.18. The molecule has 0 bridgehead atoms. The molecule has 1 aliphatic carbocycles. The molecule has 0 radical (unpaired) electrons. The molecule has 0 aliphatic heterocycles. The van der Waals surface area contributed by atoms with E-state index in [2.05, 4.69) is 5.32 Å². The molecule has 0 spiro atoms. The second kappa shape index (κ2) is 9.12. The number of hydrogen-bond donors (Lipinski definition) is 1. The topological polar surface area (TPSA) is 81.4 Å². The number of ether oxygens (including phenoxy) is 1. The van der Waals surface area contributed by atoms with E-state index < -0.39 is 5.97 Å². The Hall–Kier alpha value is -4.19. The summed E-state index contributed by atoms with van der Waals surface area (Å²) in [5, 5.41) is 3.46. The summed E-state index contributed by atoms with van der Waals surface area (Å²) in [6.07, 6.45) is 6.04. The Morgan fingerprint density at radius 1 is 1.00 bits per heavy atom. The highest BCUT2D eigenvalue weighted by Crippen LogP contribution is 2.36. The zero-order chi connectivity index (χ0) is 22.6. The Morgan fingerprint density at radius 2 is 1.82 bits per heavy atom. The number of carbonyl (C=O) groups is 2. The number of hydrogen-bond acceptors (Lipinski definition) is 5. The number of esters is 1. The van der Waals surface area contributed by atoms with Gasteiger partial charge in [-0.25, -0.2) is 9.78 Å². The van der Waals surface area contributed by atoms with Crippen molar-refractivity contribution in [2.24, 2.45) is 0 Å². The third-order valence-corrected chi connectivity index (χ3v) is 5.63. The van der Waals surface area contributed by atoms with Crippen molar-refractivity contribution in [1.29, 1.82) is 0 Å². The molecule has 4 aromatic rings. The molecule has 33 heavy (non-hydrogen) atoms. The number of para-hydroxylation sites is 2. The summed E-state index contributed by atoms with van der Waals surface area (Å²) < 4.78 is 11.0. The largest absolute Gasteiger partial charge is 0.465 e. The van der Waals surface area contributed by atoms with Crippen molar-refractivity contribution in [3.63, 3.8) is 0 Å². The summed E-state index contributed by atoms with van der Waals surface area (Å²) in [7, 11) is 0. The number of fused-ring (bicyclic) bond motifs is 2. The Balaban J connectivity index is 1.47. The van der Waals surface area contributed by atoms with Gasteiger partial charge >= 0.3 is 5.97 Å². The van der Waals surface area contributed by atoms with Crippen molar-refractivity contribution in [3.8, 4) is 0 Å². The molecule has 6 nitrogen and oxygen atoms in total. The van der Waals surface area contributed by atoms with Crippen LogP contribution in [0.5, 0.6) is 0 Å². The van der Waals surface area contributed by atoms with Crippen molar-refractivity contribution in [1.82, 2.24) is 4.98 Å². The second-order valence-electron chi connectivity index (χ2n) is 7.86. The quantitative estimate of drug-likeness (QED) is 0.416. The lowest BCUT2D eigenvalue weighted by Gasteiger charge is -2.22. The molecule has 0 atom stereocenters. The minimum absolute atomic E-state index is 0.367. The average molecular weight is 438 g/mol. The van der Waals surface area contributed by atoms with Crippen molar-refractivity contribution in [2.45, 2.75) is 19.3 Å². The fraction of sp³-hybridized carbons (Fsp3) is 0.148. The first kappa shape index (κ1) is 20.7. The van der Waals surface area contributed by atoms with Gasteiger partial charge in [-0.3, -0.25) is 4.79 Å². The smallest absolute Gasteiger partial charge is 0.339 e. The van der Waals surface area contributed by atoms with Crippen LogP contribution in [0.25, 0.3) is 22.6 Å². The van der Waals surface area contributed by atoms with Gasteiger partial charge in [0.1, 0.15) is 5.76 Å². The van der Waals surface area contributed by atoms with Crippen LogP contribution in [0, 0.1) is 0 Å². The van der Waals surface area contributed by atoms with Crippen molar-refractivity contribution in [3.05, 3.63) is 95.6 Å². The molecule has 0 unspecified atom stereocenters. The van der Waals surface area contributed by atoms with E-state index in [0.29, 0.717) is 23.2 Å². The van der Waals surface area contributed by atoms with E-state index in [1.165, 1.54) is 0 Å². The number of carbonyl (C=O) groups excluding carboxylic acids is 2. The molecule has 6 heteroatoms. The lowest BCUT2D eigenvalue weighted by atomic mass is 9.86. The SMILES string of the molecule is O=C(COC(=O)c1c2c(nc3ccccc13)C(=Cc1ccco1)CCC2)Nc1ccccc1. The molecular weight excluding hydrogens is 416 g/mol. The number of rotatable bonds is 5. The van der Waals surface area contributed by atoms with Gasteiger partial charge in [0.25, 0.3) is 5.91 Å². The van der Waals surface area contributed by atoms with Gasteiger partial charge < -0.3 is 14.5 Å². The number of aromatic nitrogens is 1. The number of pyridine rings is 1. The predicted molar refractivity (Wildman–Crippen MR) is 127 cm³/mol. The highest BCUT2D eigenvalue weighted by molar-refractivity contribution is 6.07. The highest BCUT2D eigenvalue weighted by Gasteiger charge is 2.26. The van der Waals surface area contributed by atoms with Gasteiger partial charge in [-0.15, -0.1) is 0 Å². The molecule has 2 aromatic carbocycles. The molecule has 1 N–H and O–H groups in total. The van der Waals surface area contributed by atoms with Crippen LogP contribution in [-0.4, -0.2) is 23.5 Å². The van der Waals surface area contributed by atoms with Crippen LogP contribution >= 0.6 is 0 Å². The summed E-state index contributed by atoms with van der Waals surface area (Å²) in [4.78, 5) is 30.4. The number of amides is 1. The molecule has 0 saturated heterocycles. The van der Waals surface area contributed by atoms with Crippen molar-refractivity contribution in [2.75, 3.05) is 11.9 Å². The minimum Gasteiger partial charge on any atom is -0.465 e. The maximum absolute atomic E-state index is 13.2. The Morgan fingerprint density at radius 3 is 2.64 bits per heavy atom. The van der Waals surface area contributed by atoms with Gasteiger partial charge in [0.15, 0.2) is 6.61 Å². The number of benzene rings is 2. The Labute approximate surface area is 190 Å². The molecule has 5 rings (SSSR count). The van der Waals surface area contributed by atoms with Crippen LogP contribution in [0.1, 0.15) is 40.2 Å². The molecule has 1 amide bonds. The highest BCUT2D eigenvalue weighted by atomic mass is 16.5. The fourth-order valence-electron chi connectivity index (χ4n) is 4.18. The zero-order valence-electron chi connectivity index (χ0n) is 17.9. The summed E-state index contributed by atoms with van der Waals surface area (Å²) in [6.45, 7) is -0.367. The summed E-state index contributed by atoms with van der Waals surface area (Å²) in [6, 6.07) is 20.3. The van der Waals surface area contributed by atoms with E-state index in [-0.39, 0.29) is 12.5 Å². The zero-order valence-corrected chi connectivity index (χ0v) is 17.9. The lowest BCUT2D eigenvalue weighted by Crippen LogP contribution is -2.22. The summed E-state index contributed by atoms with van der Waals surface area (Å²) in [5.74, 6) is -0.165. The van der Waals surface area contributed by atoms with Crippen LogP contribution in [0.15, 0.2) is 77.4 Å². The van der Waals surface area contributed by atoms with E-state index in [1.807, 2.05) is 60.7 Å². The first-order valence-corrected chi connectivity index (χ1v) is 10.9. The number of anilines is 1. The number of nitrogens with zero attached hydrogens (tertiary/aromatic N) is 1. The number of nitrogens with one attached hydrogen (secondary N) is 1. The lowest BCUT2D eigenvalue weighted by molar-refractivity contribution is -0.119. The molecule has 2 heterocycles. The Bertz CT molecular complexity index is 1340. The van der Waals surface area contributed by atoms with E-state index in [9.17, 15) is 9.59 Å². The van der Waals surface area contributed by atoms with Gasteiger partial charge in [-0.2, -0.15) is 0 Å². The maximum Gasteiger partial charge on any atom is 0.339 e. The first-order chi connectivity index (χ1) is 16.2. The second-order valence-corrected chi connectivity index (χ2v) is 7.86. The molecule has 2 aromatic heterocycles. The summed E-state index contributed by atoms with van der Waals surface area (Å²) >= 11 is 0. The summed E-state index contributed by atoms with van der Waals surface area (Å²) in [5.41, 5.74) is 4.51. The van der Waals surface area contributed by atoms with Crippen molar-refractivity contribution >= 4 is 40.1 Å². The molecule has 164 valence electrons. The normalized spacial score (nSPS) is 14.1. The van der Waals surface area contributed by atoms with Gasteiger partial charge in [0.2, 0.25) is 0 Å². The van der Waals surface area contributed by atoms with Crippen LogP contribution in [0.4, 0.5) is 5.69 Å². The van der Waals surface area contributed by atoms with Crippen LogP contribution in [-0.2, 0) is 16.0 Å². The van der Waals surface area contributed by atoms with Gasteiger partial charge in [-0.05, 0) is 66.8 Å². The molecular formula is C27H22N2O4. The molecule has 0 saturated carbocycles. The van der Waals surface area contributed by atoms with Gasteiger partial charge in [0.05, 0.1) is 23.0 Å². The molecule has 1 aliphatic rings.